The van der Waals surface area contributed by atoms with Crippen LogP contribution in [0.15, 0.2) is 61.2 Å². The molecule has 0 unspecified atom stereocenters. The van der Waals surface area contributed by atoms with Gasteiger partial charge in [0.25, 0.3) is 11.8 Å². The number of rotatable bonds is 8. The number of nitrogens with zero attached hydrogens (tertiary/aromatic N) is 1. The Balaban J connectivity index is 1.53. The van der Waals surface area contributed by atoms with Gasteiger partial charge in [-0.2, -0.15) is 0 Å². The average molecular weight is 408 g/mol. The van der Waals surface area contributed by atoms with Crippen molar-refractivity contribution in [1.29, 1.82) is 0 Å². The third-order valence-electron chi connectivity index (χ3n) is 5.02. The summed E-state index contributed by atoms with van der Waals surface area (Å²) in [7, 11) is 0. The van der Waals surface area contributed by atoms with Crippen molar-refractivity contribution in [2.24, 2.45) is 0 Å². The normalized spacial score (nSPS) is 14.1. The number of likely N-dealkylation sites (tertiary alicyclic amines) is 1. The summed E-state index contributed by atoms with van der Waals surface area (Å²) in [6, 6.07) is 14.4. The Kier molecular flexibility index (Phi) is 7.49. The summed E-state index contributed by atoms with van der Waals surface area (Å²) in [6.07, 6.45) is 3.07. The van der Waals surface area contributed by atoms with Crippen molar-refractivity contribution in [3.05, 3.63) is 72.3 Å². The third-order valence-corrected chi connectivity index (χ3v) is 5.02. The third kappa shape index (κ3) is 5.41. The Bertz CT molecular complexity index is 871. The van der Waals surface area contributed by atoms with Gasteiger partial charge in [0, 0.05) is 24.7 Å². The Labute approximate surface area is 177 Å². The second-order valence-corrected chi connectivity index (χ2v) is 7.09. The smallest absolute Gasteiger partial charge is 0.255 e. The Hall–Kier alpha value is -3.28. The van der Waals surface area contributed by atoms with Crippen molar-refractivity contribution in [1.82, 2.24) is 10.2 Å². The molecule has 1 aliphatic rings. The summed E-state index contributed by atoms with van der Waals surface area (Å²) < 4.78 is 11.0. The molecule has 0 spiro atoms. The van der Waals surface area contributed by atoms with E-state index in [1.54, 1.807) is 30.3 Å². The van der Waals surface area contributed by atoms with Gasteiger partial charge < -0.3 is 19.7 Å². The highest BCUT2D eigenvalue weighted by Crippen LogP contribution is 2.20. The highest BCUT2D eigenvalue weighted by atomic mass is 16.5. The van der Waals surface area contributed by atoms with Crippen LogP contribution in [0.25, 0.3) is 0 Å². The molecule has 3 rings (SSSR count). The van der Waals surface area contributed by atoms with Gasteiger partial charge in [-0.3, -0.25) is 9.59 Å². The number of nitrogens with one attached hydrogen (secondary N) is 1. The topological polar surface area (TPSA) is 67.9 Å². The molecule has 0 bridgehead atoms. The number of carbonyl (C=O) groups is 2. The van der Waals surface area contributed by atoms with E-state index in [0.29, 0.717) is 56.0 Å². The molecule has 6 heteroatoms. The van der Waals surface area contributed by atoms with Gasteiger partial charge in [0.2, 0.25) is 0 Å². The van der Waals surface area contributed by atoms with Gasteiger partial charge in [-0.05, 0) is 56.2 Å². The molecule has 1 N–H and O–H groups in total. The Morgan fingerprint density at radius 2 is 1.80 bits per heavy atom. The average Bonchev–Trinajstić information content (AvgIpc) is 2.78. The van der Waals surface area contributed by atoms with Crippen molar-refractivity contribution >= 4 is 11.8 Å². The number of carbonyl (C=O) groups excluding carboxylic acids is 2. The van der Waals surface area contributed by atoms with Gasteiger partial charge >= 0.3 is 0 Å². The van der Waals surface area contributed by atoms with Crippen LogP contribution in [0, 0.1) is 0 Å². The van der Waals surface area contributed by atoms with Crippen molar-refractivity contribution in [3.8, 4) is 11.5 Å². The van der Waals surface area contributed by atoms with Gasteiger partial charge in [-0.15, -0.1) is 0 Å². The summed E-state index contributed by atoms with van der Waals surface area (Å²) in [5.41, 5.74) is 1.15. The molecule has 0 saturated carbocycles. The predicted molar refractivity (Wildman–Crippen MR) is 116 cm³/mol. The van der Waals surface area contributed by atoms with Gasteiger partial charge in [-0.25, -0.2) is 0 Å². The molecule has 0 radical (unpaired) electrons. The molecule has 2 aromatic rings. The van der Waals surface area contributed by atoms with E-state index in [1.165, 1.54) is 0 Å². The largest absolute Gasteiger partial charge is 0.494 e. The lowest BCUT2D eigenvalue weighted by Crippen LogP contribution is -2.46. The minimum absolute atomic E-state index is 0.00555. The van der Waals surface area contributed by atoms with E-state index in [1.807, 2.05) is 36.1 Å². The fraction of sp³-hybridized carbons (Fsp3) is 0.333. The maximum absolute atomic E-state index is 12.7. The first-order valence-electron chi connectivity index (χ1n) is 10.3. The van der Waals surface area contributed by atoms with Crippen LogP contribution >= 0.6 is 0 Å². The zero-order chi connectivity index (χ0) is 21.3. The fourth-order valence-electron chi connectivity index (χ4n) is 3.46. The van der Waals surface area contributed by atoms with E-state index in [4.69, 9.17) is 9.47 Å². The highest BCUT2D eigenvalue weighted by molar-refractivity contribution is 5.97. The van der Waals surface area contributed by atoms with Crippen molar-refractivity contribution < 1.29 is 19.1 Å². The van der Waals surface area contributed by atoms with E-state index in [-0.39, 0.29) is 17.9 Å². The molecule has 158 valence electrons. The number of hydrogen-bond acceptors (Lipinski definition) is 4. The second-order valence-electron chi connectivity index (χ2n) is 7.09. The second kappa shape index (κ2) is 10.5. The molecular weight excluding hydrogens is 380 g/mol. The lowest BCUT2D eigenvalue weighted by atomic mass is 10.0. The number of amides is 2. The number of ether oxygens (including phenoxy) is 2. The summed E-state index contributed by atoms with van der Waals surface area (Å²) in [6.45, 7) is 7.70. The maximum Gasteiger partial charge on any atom is 0.255 e. The summed E-state index contributed by atoms with van der Waals surface area (Å²) in [5.74, 6) is 1.14. The first-order valence-corrected chi connectivity index (χ1v) is 10.3. The zero-order valence-corrected chi connectivity index (χ0v) is 17.3. The molecule has 2 amide bonds. The van der Waals surface area contributed by atoms with Crippen LogP contribution in [0.3, 0.4) is 0 Å². The summed E-state index contributed by atoms with van der Waals surface area (Å²) in [4.78, 5) is 27.3. The van der Waals surface area contributed by atoms with Crippen LogP contribution in [0.1, 0.15) is 40.5 Å². The summed E-state index contributed by atoms with van der Waals surface area (Å²) >= 11 is 0. The van der Waals surface area contributed by atoms with Crippen LogP contribution < -0.4 is 14.8 Å². The van der Waals surface area contributed by atoms with E-state index in [9.17, 15) is 9.59 Å². The SMILES string of the molecule is C=CCOc1ccccc1C(=O)NC1CCN(C(=O)c2ccc(OCC)cc2)CC1. The van der Waals surface area contributed by atoms with Gasteiger partial charge in [0.05, 0.1) is 12.2 Å². The van der Waals surface area contributed by atoms with E-state index >= 15 is 0 Å². The Morgan fingerprint density at radius 3 is 2.47 bits per heavy atom. The van der Waals surface area contributed by atoms with Crippen LogP contribution in [0.2, 0.25) is 0 Å². The molecule has 1 aliphatic heterocycles. The van der Waals surface area contributed by atoms with Crippen molar-refractivity contribution in [3.63, 3.8) is 0 Å². The minimum atomic E-state index is -0.161. The lowest BCUT2D eigenvalue weighted by molar-refractivity contribution is 0.0698. The molecule has 1 heterocycles. The van der Waals surface area contributed by atoms with Crippen LogP contribution in [0.4, 0.5) is 0 Å². The van der Waals surface area contributed by atoms with Gasteiger partial charge in [0.1, 0.15) is 18.1 Å². The standard InChI is InChI=1S/C24H28N2O4/c1-3-17-30-22-8-6-5-7-21(22)23(27)25-19-13-15-26(16-14-19)24(28)18-9-11-20(12-10-18)29-4-2/h3,5-12,19H,1,4,13-17H2,2H3,(H,25,27). The maximum atomic E-state index is 12.7. The van der Waals surface area contributed by atoms with Gasteiger partial charge in [0.15, 0.2) is 0 Å². The molecule has 0 aliphatic carbocycles. The number of benzene rings is 2. The number of para-hydroxylation sites is 1. The van der Waals surface area contributed by atoms with E-state index in [0.717, 1.165) is 5.75 Å². The van der Waals surface area contributed by atoms with Crippen LogP contribution in [-0.2, 0) is 0 Å². The molecule has 6 nitrogen and oxygen atoms in total. The number of piperidine rings is 1. The lowest BCUT2D eigenvalue weighted by Gasteiger charge is -2.32. The molecule has 0 atom stereocenters. The first-order chi connectivity index (χ1) is 14.6. The first kappa shape index (κ1) is 21.4. The van der Waals surface area contributed by atoms with E-state index in [2.05, 4.69) is 11.9 Å². The molecule has 1 fully saturated rings. The van der Waals surface area contributed by atoms with Crippen LogP contribution in [-0.4, -0.2) is 49.1 Å². The fourth-order valence-corrected chi connectivity index (χ4v) is 3.46. The minimum Gasteiger partial charge on any atom is -0.494 e. The molecule has 0 aromatic heterocycles. The van der Waals surface area contributed by atoms with Crippen LogP contribution in [0.5, 0.6) is 11.5 Å². The van der Waals surface area contributed by atoms with Crippen molar-refractivity contribution in [2.45, 2.75) is 25.8 Å². The molecule has 30 heavy (non-hydrogen) atoms. The monoisotopic (exact) mass is 408 g/mol. The Morgan fingerprint density at radius 1 is 1.10 bits per heavy atom. The summed E-state index contributed by atoms with van der Waals surface area (Å²) in [5, 5.41) is 3.07. The van der Waals surface area contributed by atoms with Crippen molar-refractivity contribution in [2.75, 3.05) is 26.3 Å². The molecular formula is C24H28N2O4. The molecule has 2 aromatic carbocycles. The highest BCUT2D eigenvalue weighted by Gasteiger charge is 2.25. The quantitative estimate of drug-likeness (QED) is 0.677. The number of hydrogen-bond donors (Lipinski definition) is 1. The zero-order valence-electron chi connectivity index (χ0n) is 17.3. The molecule has 1 saturated heterocycles. The van der Waals surface area contributed by atoms with E-state index < -0.39 is 0 Å². The van der Waals surface area contributed by atoms with Gasteiger partial charge in [-0.1, -0.05) is 24.8 Å². The predicted octanol–water partition coefficient (Wildman–Crippen LogP) is 3.68.